The molecule has 0 amide bonds. The quantitative estimate of drug-likeness (QED) is 0.725. The van der Waals surface area contributed by atoms with Crippen LogP contribution in [0.15, 0.2) is 12.1 Å². The third kappa shape index (κ3) is 2.22. The average molecular weight is 198 g/mol. The van der Waals surface area contributed by atoms with E-state index in [9.17, 15) is 10.2 Å². The van der Waals surface area contributed by atoms with Crippen molar-refractivity contribution in [1.29, 1.82) is 0 Å². The van der Waals surface area contributed by atoms with E-state index in [2.05, 4.69) is 0 Å². The van der Waals surface area contributed by atoms with Gasteiger partial charge in [-0.3, -0.25) is 0 Å². The number of ether oxygens (including phenoxy) is 2. The molecule has 0 saturated heterocycles. The Morgan fingerprint density at radius 2 is 1.43 bits per heavy atom. The first-order chi connectivity index (χ1) is 6.69. The summed E-state index contributed by atoms with van der Waals surface area (Å²) >= 11 is 0. The van der Waals surface area contributed by atoms with Gasteiger partial charge in [0.15, 0.2) is 11.5 Å². The Morgan fingerprint density at radius 3 is 1.79 bits per heavy atom. The van der Waals surface area contributed by atoms with Crippen molar-refractivity contribution < 1.29 is 19.7 Å². The normalized spacial score (nSPS) is 9.86. The molecule has 0 aliphatic heterocycles. The van der Waals surface area contributed by atoms with Gasteiger partial charge < -0.3 is 19.7 Å². The summed E-state index contributed by atoms with van der Waals surface area (Å²) in [5.74, 6) is 0.396. The standard InChI is InChI=1S/C10H14O4/c1-3-13-8-5-7(11)6-9(10(8)12)14-4-2/h5-6,11-12H,3-4H2,1-2H3. The SMILES string of the molecule is CCOc1cc(O)cc(OCC)c1O. The monoisotopic (exact) mass is 198 g/mol. The van der Waals surface area contributed by atoms with Crippen LogP contribution in [-0.4, -0.2) is 23.4 Å². The molecular formula is C10H14O4. The Kier molecular flexibility index (Phi) is 3.45. The van der Waals surface area contributed by atoms with Gasteiger partial charge in [0.1, 0.15) is 5.75 Å². The van der Waals surface area contributed by atoms with Crippen LogP contribution in [0.5, 0.6) is 23.0 Å². The molecule has 0 aliphatic rings. The summed E-state index contributed by atoms with van der Waals surface area (Å²) in [6.45, 7) is 4.43. The van der Waals surface area contributed by atoms with Gasteiger partial charge in [0, 0.05) is 12.1 Å². The Balaban J connectivity index is 3.04. The van der Waals surface area contributed by atoms with Crippen molar-refractivity contribution in [2.75, 3.05) is 13.2 Å². The average Bonchev–Trinajstić information content (AvgIpc) is 2.14. The van der Waals surface area contributed by atoms with Gasteiger partial charge in [-0.05, 0) is 13.8 Å². The second-order valence-electron chi connectivity index (χ2n) is 2.66. The summed E-state index contributed by atoms with van der Waals surface area (Å²) in [5, 5.41) is 18.9. The van der Waals surface area contributed by atoms with Crippen LogP contribution < -0.4 is 9.47 Å². The molecule has 0 unspecified atom stereocenters. The maximum atomic E-state index is 9.61. The highest BCUT2D eigenvalue weighted by atomic mass is 16.5. The minimum atomic E-state index is -0.0773. The zero-order valence-electron chi connectivity index (χ0n) is 8.28. The fraction of sp³-hybridized carbons (Fsp3) is 0.400. The highest BCUT2D eigenvalue weighted by Gasteiger charge is 2.11. The van der Waals surface area contributed by atoms with E-state index in [0.29, 0.717) is 13.2 Å². The molecule has 0 aromatic heterocycles. The number of aromatic hydroxyl groups is 2. The molecule has 0 bridgehead atoms. The van der Waals surface area contributed by atoms with Crippen molar-refractivity contribution in [2.45, 2.75) is 13.8 Å². The second kappa shape index (κ2) is 4.60. The molecular weight excluding hydrogens is 184 g/mol. The largest absolute Gasteiger partial charge is 0.508 e. The summed E-state index contributed by atoms with van der Waals surface area (Å²) in [4.78, 5) is 0. The maximum absolute atomic E-state index is 9.61. The fourth-order valence-corrected chi connectivity index (χ4v) is 1.10. The van der Waals surface area contributed by atoms with Gasteiger partial charge in [-0.25, -0.2) is 0 Å². The van der Waals surface area contributed by atoms with E-state index in [1.165, 1.54) is 12.1 Å². The third-order valence-electron chi connectivity index (χ3n) is 1.62. The van der Waals surface area contributed by atoms with Crippen LogP contribution in [0.3, 0.4) is 0 Å². The molecule has 0 heterocycles. The first-order valence-electron chi connectivity index (χ1n) is 4.50. The summed E-state index contributed by atoms with van der Waals surface area (Å²) in [7, 11) is 0. The van der Waals surface area contributed by atoms with Gasteiger partial charge in [-0.15, -0.1) is 0 Å². The van der Waals surface area contributed by atoms with Crippen LogP contribution in [0.2, 0.25) is 0 Å². The van der Waals surface area contributed by atoms with Crippen molar-refractivity contribution in [3.05, 3.63) is 12.1 Å². The van der Waals surface area contributed by atoms with Gasteiger partial charge in [0.2, 0.25) is 5.75 Å². The lowest BCUT2D eigenvalue weighted by molar-refractivity contribution is 0.286. The number of phenolic OH excluding ortho intramolecular Hbond substituents is 2. The Labute approximate surface area is 82.7 Å². The van der Waals surface area contributed by atoms with Crippen LogP contribution >= 0.6 is 0 Å². The minimum Gasteiger partial charge on any atom is -0.508 e. The van der Waals surface area contributed by atoms with Crippen molar-refractivity contribution in [3.63, 3.8) is 0 Å². The fourth-order valence-electron chi connectivity index (χ4n) is 1.10. The molecule has 1 aromatic carbocycles. The van der Waals surface area contributed by atoms with E-state index in [0.717, 1.165) is 0 Å². The summed E-state index contributed by atoms with van der Waals surface area (Å²) in [5.41, 5.74) is 0. The molecule has 0 fully saturated rings. The summed E-state index contributed by atoms with van der Waals surface area (Å²) in [6, 6.07) is 2.70. The predicted octanol–water partition coefficient (Wildman–Crippen LogP) is 1.90. The van der Waals surface area contributed by atoms with Crippen LogP contribution in [0, 0.1) is 0 Å². The Bertz CT molecular complexity index is 282. The van der Waals surface area contributed by atoms with Gasteiger partial charge >= 0.3 is 0 Å². The zero-order chi connectivity index (χ0) is 10.6. The highest BCUT2D eigenvalue weighted by molar-refractivity contribution is 5.54. The van der Waals surface area contributed by atoms with Crippen molar-refractivity contribution in [1.82, 2.24) is 0 Å². The minimum absolute atomic E-state index is 0.00898. The first-order valence-corrected chi connectivity index (χ1v) is 4.50. The molecule has 0 spiro atoms. The van der Waals surface area contributed by atoms with Crippen LogP contribution in [0.25, 0.3) is 0 Å². The van der Waals surface area contributed by atoms with Gasteiger partial charge in [-0.2, -0.15) is 0 Å². The smallest absolute Gasteiger partial charge is 0.201 e. The van der Waals surface area contributed by atoms with Crippen LogP contribution in [0.1, 0.15) is 13.8 Å². The Morgan fingerprint density at radius 1 is 1.00 bits per heavy atom. The summed E-state index contributed by atoms with van der Waals surface area (Å²) < 4.78 is 10.2. The van der Waals surface area contributed by atoms with Crippen molar-refractivity contribution >= 4 is 0 Å². The zero-order valence-corrected chi connectivity index (χ0v) is 8.28. The van der Waals surface area contributed by atoms with E-state index >= 15 is 0 Å². The third-order valence-corrected chi connectivity index (χ3v) is 1.62. The Hall–Kier alpha value is -1.58. The van der Waals surface area contributed by atoms with E-state index in [4.69, 9.17) is 9.47 Å². The second-order valence-corrected chi connectivity index (χ2v) is 2.66. The summed E-state index contributed by atoms with van der Waals surface area (Å²) in [6.07, 6.45) is 0. The van der Waals surface area contributed by atoms with Crippen LogP contribution in [-0.2, 0) is 0 Å². The van der Waals surface area contributed by atoms with Gasteiger partial charge in [0.05, 0.1) is 13.2 Å². The number of hydrogen-bond donors (Lipinski definition) is 2. The van der Waals surface area contributed by atoms with E-state index < -0.39 is 0 Å². The number of hydrogen-bond acceptors (Lipinski definition) is 4. The molecule has 14 heavy (non-hydrogen) atoms. The predicted molar refractivity (Wildman–Crippen MR) is 52.1 cm³/mol. The molecule has 0 aliphatic carbocycles. The van der Waals surface area contributed by atoms with Crippen molar-refractivity contribution in [2.24, 2.45) is 0 Å². The lowest BCUT2D eigenvalue weighted by atomic mass is 10.2. The molecule has 1 rings (SSSR count). The lowest BCUT2D eigenvalue weighted by Crippen LogP contribution is -1.96. The van der Waals surface area contributed by atoms with Crippen LogP contribution in [0.4, 0.5) is 0 Å². The maximum Gasteiger partial charge on any atom is 0.201 e. The van der Waals surface area contributed by atoms with Gasteiger partial charge in [-0.1, -0.05) is 0 Å². The highest BCUT2D eigenvalue weighted by Crippen LogP contribution is 2.39. The molecule has 78 valence electrons. The van der Waals surface area contributed by atoms with E-state index in [-0.39, 0.29) is 23.0 Å². The molecule has 0 saturated carbocycles. The van der Waals surface area contributed by atoms with E-state index in [1.54, 1.807) is 13.8 Å². The topological polar surface area (TPSA) is 58.9 Å². The molecule has 0 atom stereocenters. The molecule has 1 aromatic rings. The lowest BCUT2D eigenvalue weighted by Gasteiger charge is -2.10. The number of benzene rings is 1. The van der Waals surface area contributed by atoms with Crippen molar-refractivity contribution in [3.8, 4) is 23.0 Å². The number of rotatable bonds is 4. The molecule has 4 heteroatoms. The molecule has 0 radical (unpaired) electrons. The number of phenols is 2. The van der Waals surface area contributed by atoms with E-state index in [1.807, 2.05) is 0 Å². The first kappa shape index (κ1) is 10.5. The molecule has 2 N–H and O–H groups in total. The molecule has 4 nitrogen and oxygen atoms in total. The van der Waals surface area contributed by atoms with Gasteiger partial charge in [0.25, 0.3) is 0 Å².